The topological polar surface area (TPSA) is 64.3 Å². The number of hydrogen-bond acceptors (Lipinski definition) is 3. The van der Waals surface area contributed by atoms with Crippen molar-refractivity contribution in [2.75, 3.05) is 17.7 Å². The van der Waals surface area contributed by atoms with Crippen LogP contribution in [0.15, 0.2) is 42.5 Å². The first-order chi connectivity index (χ1) is 10.1. The van der Waals surface area contributed by atoms with E-state index in [0.29, 0.717) is 23.0 Å². The summed E-state index contributed by atoms with van der Waals surface area (Å²) in [6.07, 6.45) is 0.243. The van der Waals surface area contributed by atoms with Crippen LogP contribution in [0.3, 0.4) is 0 Å². The van der Waals surface area contributed by atoms with E-state index in [1.165, 1.54) is 0 Å². The van der Waals surface area contributed by atoms with Crippen LogP contribution in [-0.4, -0.2) is 12.5 Å². The van der Waals surface area contributed by atoms with Crippen LogP contribution in [0.4, 0.5) is 11.4 Å². The molecule has 0 aromatic heterocycles. The summed E-state index contributed by atoms with van der Waals surface area (Å²) >= 11 is 8.00. The number of carbonyl (C=O) groups excluding carboxylic acids is 1. The summed E-state index contributed by atoms with van der Waals surface area (Å²) < 4.78 is 6.59. The largest absolute Gasteiger partial charge is 0.492 e. The molecule has 0 bridgehead atoms. The van der Waals surface area contributed by atoms with Gasteiger partial charge in [-0.15, -0.1) is 0 Å². The molecular weight excluding hydrogens is 403 g/mol. The maximum atomic E-state index is 11.8. The van der Waals surface area contributed by atoms with E-state index in [-0.39, 0.29) is 12.3 Å². The van der Waals surface area contributed by atoms with E-state index >= 15 is 0 Å². The zero-order valence-electron chi connectivity index (χ0n) is 11.1. The fraction of sp³-hybridized carbons (Fsp3) is 0.133. The lowest BCUT2D eigenvalue weighted by Gasteiger charge is -2.10. The van der Waals surface area contributed by atoms with E-state index in [2.05, 4.69) is 27.9 Å². The maximum Gasteiger partial charge on any atom is 0.227 e. The van der Waals surface area contributed by atoms with Gasteiger partial charge in [-0.25, -0.2) is 0 Å². The van der Waals surface area contributed by atoms with Gasteiger partial charge in [0.2, 0.25) is 5.91 Å². The maximum absolute atomic E-state index is 11.8. The number of halogens is 2. The van der Waals surface area contributed by atoms with Gasteiger partial charge >= 0.3 is 0 Å². The molecule has 4 nitrogen and oxygen atoms in total. The van der Waals surface area contributed by atoms with E-state index in [4.69, 9.17) is 22.1 Å². The number of nitrogens with two attached hydrogens (primary N) is 1. The molecule has 2 aromatic carbocycles. The first-order valence-electron chi connectivity index (χ1n) is 6.28. The van der Waals surface area contributed by atoms with Crippen LogP contribution in [0, 0.1) is 3.57 Å². The Bertz CT molecular complexity index is 649. The highest BCUT2D eigenvalue weighted by Crippen LogP contribution is 2.23. The standard InChI is InChI=1S/C15H14ClIN2O2/c16-10-5-6-13(12(18)9-10)19-15(20)7-8-21-14-4-2-1-3-11(14)17/h1-6,9H,7-8,18H2,(H,19,20). The minimum absolute atomic E-state index is 0.157. The molecule has 2 rings (SSSR count). The molecule has 21 heavy (non-hydrogen) atoms. The average molecular weight is 417 g/mol. The third kappa shape index (κ3) is 4.78. The van der Waals surface area contributed by atoms with Crippen LogP contribution < -0.4 is 15.8 Å². The zero-order valence-corrected chi connectivity index (χ0v) is 14.0. The SMILES string of the molecule is Nc1cc(Cl)ccc1NC(=O)CCOc1ccccc1I. The Hall–Kier alpha value is -1.47. The molecule has 0 fully saturated rings. The van der Waals surface area contributed by atoms with Gasteiger partial charge in [0.1, 0.15) is 5.75 Å². The van der Waals surface area contributed by atoms with Crippen LogP contribution in [0.1, 0.15) is 6.42 Å². The molecule has 0 aliphatic heterocycles. The van der Waals surface area contributed by atoms with Gasteiger partial charge in [-0.2, -0.15) is 0 Å². The van der Waals surface area contributed by atoms with Crippen molar-refractivity contribution in [1.82, 2.24) is 0 Å². The van der Waals surface area contributed by atoms with E-state index < -0.39 is 0 Å². The van der Waals surface area contributed by atoms with E-state index in [9.17, 15) is 4.79 Å². The van der Waals surface area contributed by atoms with Gasteiger partial charge in [0.25, 0.3) is 0 Å². The molecule has 0 unspecified atom stereocenters. The highest BCUT2D eigenvalue weighted by atomic mass is 127. The summed E-state index contributed by atoms with van der Waals surface area (Å²) in [6.45, 7) is 0.305. The van der Waals surface area contributed by atoms with Crippen LogP contribution in [-0.2, 0) is 4.79 Å². The number of ether oxygens (including phenoxy) is 1. The van der Waals surface area contributed by atoms with Crippen LogP contribution >= 0.6 is 34.2 Å². The third-order valence-corrected chi connectivity index (χ3v) is 3.84. The van der Waals surface area contributed by atoms with Gasteiger partial charge < -0.3 is 15.8 Å². The molecule has 0 radical (unpaired) electrons. The fourth-order valence-electron chi connectivity index (χ4n) is 1.68. The number of benzene rings is 2. The lowest BCUT2D eigenvalue weighted by molar-refractivity contribution is -0.116. The smallest absolute Gasteiger partial charge is 0.227 e. The van der Waals surface area contributed by atoms with Gasteiger partial charge in [0.15, 0.2) is 0 Å². The lowest BCUT2D eigenvalue weighted by Crippen LogP contribution is -2.16. The zero-order chi connectivity index (χ0) is 15.2. The average Bonchev–Trinajstić information content (AvgIpc) is 2.44. The number of nitrogens with one attached hydrogen (secondary N) is 1. The molecule has 2 aromatic rings. The van der Waals surface area contributed by atoms with Gasteiger partial charge in [-0.3, -0.25) is 4.79 Å². The molecule has 0 saturated heterocycles. The predicted octanol–water partition coefficient (Wildman–Crippen LogP) is 3.93. The quantitative estimate of drug-likeness (QED) is 0.573. The fourth-order valence-corrected chi connectivity index (χ4v) is 2.40. The molecule has 1 amide bonds. The molecule has 0 aliphatic rings. The van der Waals surface area contributed by atoms with Crippen molar-refractivity contribution in [2.45, 2.75) is 6.42 Å². The Balaban J connectivity index is 1.84. The van der Waals surface area contributed by atoms with Crippen molar-refractivity contribution in [3.05, 3.63) is 51.1 Å². The normalized spacial score (nSPS) is 10.2. The minimum Gasteiger partial charge on any atom is -0.492 e. The molecule has 6 heteroatoms. The van der Waals surface area contributed by atoms with Crippen molar-refractivity contribution in [3.8, 4) is 5.75 Å². The highest BCUT2D eigenvalue weighted by Gasteiger charge is 2.07. The number of carbonyl (C=O) groups is 1. The monoisotopic (exact) mass is 416 g/mol. The van der Waals surface area contributed by atoms with Crippen molar-refractivity contribution in [2.24, 2.45) is 0 Å². The lowest BCUT2D eigenvalue weighted by atomic mass is 10.2. The van der Waals surface area contributed by atoms with Crippen molar-refractivity contribution < 1.29 is 9.53 Å². The number of hydrogen-bond donors (Lipinski definition) is 2. The number of anilines is 2. The molecule has 0 atom stereocenters. The third-order valence-electron chi connectivity index (χ3n) is 2.71. The first kappa shape index (κ1) is 15.9. The molecule has 0 spiro atoms. The molecule has 0 heterocycles. The van der Waals surface area contributed by atoms with Crippen molar-refractivity contribution in [1.29, 1.82) is 0 Å². The summed E-state index contributed by atoms with van der Waals surface area (Å²) in [5.41, 5.74) is 6.77. The second-order valence-corrected chi connectivity index (χ2v) is 5.91. The van der Waals surface area contributed by atoms with Gasteiger partial charge in [-0.1, -0.05) is 23.7 Å². The van der Waals surface area contributed by atoms with Crippen LogP contribution in [0.5, 0.6) is 5.75 Å². The Morgan fingerprint density at radius 3 is 2.76 bits per heavy atom. The van der Waals surface area contributed by atoms with Crippen molar-refractivity contribution >= 4 is 51.5 Å². The number of nitrogen functional groups attached to an aromatic ring is 1. The predicted molar refractivity (Wildman–Crippen MR) is 93.8 cm³/mol. The highest BCUT2D eigenvalue weighted by molar-refractivity contribution is 14.1. The Morgan fingerprint density at radius 2 is 2.05 bits per heavy atom. The molecule has 0 aliphatic carbocycles. The summed E-state index contributed by atoms with van der Waals surface area (Å²) in [5, 5.41) is 3.27. The molecule has 110 valence electrons. The number of rotatable bonds is 5. The second-order valence-electron chi connectivity index (χ2n) is 4.31. The van der Waals surface area contributed by atoms with Crippen LogP contribution in [0.25, 0.3) is 0 Å². The summed E-state index contributed by atoms with van der Waals surface area (Å²) in [5.74, 6) is 0.617. The Kier molecular flexibility index (Phi) is 5.69. The Morgan fingerprint density at radius 1 is 1.29 bits per heavy atom. The second kappa shape index (κ2) is 7.51. The summed E-state index contributed by atoms with van der Waals surface area (Å²) in [4.78, 5) is 11.8. The Labute approximate surface area is 141 Å². The van der Waals surface area contributed by atoms with E-state index in [1.807, 2.05) is 24.3 Å². The molecular formula is C15H14ClIN2O2. The minimum atomic E-state index is -0.157. The first-order valence-corrected chi connectivity index (χ1v) is 7.74. The molecule has 0 saturated carbocycles. The number of amides is 1. The summed E-state index contributed by atoms with van der Waals surface area (Å²) in [6, 6.07) is 12.6. The van der Waals surface area contributed by atoms with E-state index in [0.717, 1.165) is 9.32 Å². The number of para-hydroxylation sites is 1. The van der Waals surface area contributed by atoms with Gasteiger partial charge in [0, 0.05) is 5.02 Å². The van der Waals surface area contributed by atoms with Gasteiger partial charge in [-0.05, 0) is 52.9 Å². The van der Waals surface area contributed by atoms with Gasteiger partial charge in [0.05, 0.1) is 28.0 Å². The summed E-state index contributed by atoms with van der Waals surface area (Å²) in [7, 11) is 0. The van der Waals surface area contributed by atoms with E-state index in [1.54, 1.807) is 18.2 Å². The van der Waals surface area contributed by atoms with Crippen LogP contribution in [0.2, 0.25) is 5.02 Å². The van der Waals surface area contributed by atoms with Crippen molar-refractivity contribution in [3.63, 3.8) is 0 Å². The molecule has 3 N–H and O–H groups in total.